The summed E-state index contributed by atoms with van der Waals surface area (Å²) >= 11 is 14.8. The first kappa shape index (κ1) is 6.97. The van der Waals surface area contributed by atoms with Crippen molar-refractivity contribution in [2.45, 2.75) is 4.58 Å². The fourth-order valence-electron chi connectivity index (χ4n) is 0. The molecule has 0 bridgehead atoms. The van der Waals surface area contributed by atoms with Crippen molar-refractivity contribution in [2.75, 3.05) is 0 Å². The zero-order valence-corrected chi connectivity index (χ0v) is 5.73. The summed E-state index contributed by atoms with van der Waals surface area (Å²) in [6.45, 7) is 0. The summed E-state index contributed by atoms with van der Waals surface area (Å²) in [7, 11) is -1.91. The first-order chi connectivity index (χ1) is 2.64. The third-order valence-electron chi connectivity index (χ3n) is 0.153. The Labute approximate surface area is 51.1 Å². The van der Waals surface area contributed by atoms with Gasteiger partial charge in [-0.25, -0.2) is 0 Å². The fourth-order valence-corrected chi connectivity index (χ4v) is 0. The van der Waals surface area contributed by atoms with Crippen LogP contribution in [0.1, 0.15) is 0 Å². The lowest BCUT2D eigenvalue weighted by atomic mass is 11.9. The van der Waals surface area contributed by atoms with Gasteiger partial charge in [-0.3, -0.25) is 0 Å². The molecule has 0 aromatic rings. The first-order valence-corrected chi connectivity index (χ1v) is 4.15. The molecule has 0 radical (unpaired) electrons. The van der Waals surface area contributed by atoms with Crippen LogP contribution in [0.2, 0.25) is 0 Å². The van der Waals surface area contributed by atoms with E-state index >= 15 is 0 Å². The van der Waals surface area contributed by atoms with Gasteiger partial charge in [-0.15, -0.1) is 0 Å². The fraction of sp³-hybridized carbons (Fsp3) is 1.00. The Balaban J connectivity index is 3.26. The summed E-state index contributed by atoms with van der Waals surface area (Å²) in [5.74, 6) is 0. The zero-order chi connectivity index (χ0) is 5.15. The molecule has 1 unspecified atom stereocenters. The van der Waals surface area contributed by atoms with Gasteiger partial charge in [-0.05, 0) is 27.8 Å². The van der Waals surface area contributed by atoms with E-state index in [2.05, 4.69) is 0 Å². The van der Waals surface area contributed by atoms with Crippen LogP contribution in [0, 0.1) is 0 Å². The Morgan fingerprint density at radius 1 is 1.50 bits per heavy atom. The van der Waals surface area contributed by atoms with Crippen molar-refractivity contribution in [1.82, 2.24) is 0 Å². The average molecular weight is 166 g/mol. The second-order valence-electron chi connectivity index (χ2n) is 0.550. The summed E-state index contributed by atoms with van der Waals surface area (Å²) in [5.41, 5.74) is 0. The largest absolute Gasteiger partial charge is 0.490 e. The standard InChI is InChI=1S/CHCl3OP/c2-1(3)6(4)5/h1H/q+1. The van der Waals surface area contributed by atoms with E-state index in [0.29, 0.717) is 0 Å². The van der Waals surface area contributed by atoms with Gasteiger partial charge in [0, 0.05) is 0 Å². The van der Waals surface area contributed by atoms with Crippen LogP contribution in [0.4, 0.5) is 0 Å². The molecule has 0 aliphatic carbocycles. The summed E-state index contributed by atoms with van der Waals surface area (Å²) in [6.07, 6.45) is 0. The maximum atomic E-state index is 9.79. The topological polar surface area (TPSA) is 17.1 Å². The van der Waals surface area contributed by atoms with Crippen molar-refractivity contribution in [3.63, 3.8) is 0 Å². The molecule has 0 saturated carbocycles. The number of hydrogen-bond acceptors (Lipinski definition) is 1. The monoisotopic (exact) mass is 165 g/mol. The molecule has 0 saturated heterocycles. The Morgan fingerprint density at radius 3 is 1.67 bits per heavy atom. The molecule has 1 atom stereocenters. The predicted molar refractivity (Wildman–Crippen MR) is 29.0 cm³/mol. The maximum absolute atomic E-state index is 9.79. The van der Waals surface area contributed by atoms with Crippen molar-refractivity contribution in [1.29, 1.82) is 0 Å². The van der Waals surface area contributed by atoms with E-state index in [0.717, 1.165) is 0 Å². The quantitative estimate of drug-likeness (QED) is 0.432. The van der Waals surface area contributed by atoms with Crippen molar-refractivity contribution >= 4 is 41.6 Å². The van der Waals surface area contributed by atoms with Gasteiger partial charge < -0.3 is 0 Å². The zero-order valence-electron chi connectivity index (χ0n) is 2.57. The molecule has 0 aromatic heterocycles. The van der Waals surface area contributed by atoms with Gasteiger partial charge in [0.1, 0.15) is 0 Å². The van der Waals surface area contributed by atoms with Gasteiger partial charge in [-0.2, -0.15) is 0 Å². The number of hydrogen-bond donors (Lipinski definition) is 0. The Kier molecular flexibility index (Phi) is 3.53. The van der Waals surface area contributed by atoms with E-state index < -0.39 is 11.7 Å². The number of rotatable bonds is 1. The average Bonchev–Trinajstić information content (AvgIpc) is 1.36. The van der Waals surface area contributed by atoms with Crippen molar-refractivity contribution in [2.24, 2.45) is 0 Å². The lowest BCUT2D eigenvalue weighted by molar-refractivity contribution is 0.597. The molecule has 0 rings (SSSR count). The minimum atomic E-state index is -1.91. The van der Waals surface area contributed by atoms with Crippen LogP contribution in [0.15, 0.2) is 0 Å². The second kappa shape index (κ2) is 3.04. The van der Waals surface area contributed by atoms with Crippen molar-refractivity contribution in [3.05, 3.63) is 0 Å². The molecule has 0 aliphatic heterocycles. The van der Waals surface area contributed by atoms with Crippen LogP contribution in [0.3, 0.4) is 0 Å². The second-order valence-corrected chi connectivity index (χ2v) is 4.31. The number of alkyl halides is 2. The molecule has 0 amide bonds. The normalized spacial score (nSPS) is 12.3. The van der Waals surface area contributed by atoms with Crippen molar-refractivity contribution in [3.8, 4) is 0 Å². The molecule has 36 valence electrons. The summed E-state index contributed by atoms with van der Waals surface area (Å²) in [4.78, 5) is 0. The Hall–Kier alpha value is 0.970. The number of halogens is 3. The highest BCUT2D eigenvalue weighted by atomic mass is 35.7. The molecule has 0 N–H and O–H groups in total. The van der Waals surface area contributed by atoms with E-state index in [-0.39, 0.29) is 0 Å². The van der Waals surface area contributed by atoms with Crippen LogP contribution in [-0.4, -0.2) is 4.58 Å². The minimum Gasteiger partial charge on any atom is -0.0485 e. The SMILES string of the molecule is O=[P+](Cl)C(Cl)Cl. The Morgan fingerprint density at radius 2 is 1.67 bits per heavy atom. The van der Waals surface area contributed by atoms with Gasteiger partial charge in [0.2, 0.25) is 11.2 Å². The van der Waals surface area contributed by atoms with E-state index in [4.69, 9.17) is 34.4 Å². The summed E-state index contributed by atoms with van der Waals surface area (Å²) in [6, 6.07) is 0. The molecule has 5 heteroatoms. The predicted octanol–water partition coefficient (Wildman–Crippen LogP) is 2.73. The van der Waals surface area contributed by atoms with E-state index in [1.807, 2.05) is 0 Å². The van der Waals surface area contributed by atoms with E-state index in [9.17, 15) is 4.57 Å². The highest BCUT2D eigenvalue weighted by Gasteiger charge is 2.21. The molecule has 1 nitrogen and oxygen atoms in total. The lowest BCUT2D eigenvalue weighted by Crippen LogP contribution is -1.64. The van der Waals surface area contributed by atoms with Crippen LogP contribution < -0.4 is 0 Å². The van der Waals surface area contributed by atoms with Gasteiger partial charge in [-0.1, -0.05) is 0 Å². The molecule has 0 aromatic carbocycles. The van der Waals surface area contributed by atoms with Crippen LogP contribution in [0.25, 0.3) is 0 Å². The summed E-state index contributed by atoms with van der Waals surface area (Å²) < 4.78 is 8.86. The molecule has 0 fully saturated rings. The lowest BCUT2D eigenvalue weighted by Gasteiger charge is -1.67. The molecule has 6 heavy (non-hydrogen) atoms. The molecule has 0 spiro atoms. The minimum absolute atomic E-state index is 0.929. The highest BCUT2D eigenvalue weighted by molar-refractivity contribution is 7.77. The van der Waals surface area contributed by atoms with Gasteiger partial charge in [0.05, 0.1) is 0 Å². The van der Waals surface area contributed by atoms with Crippen LogP contribution in [-0.2, 0) is 4.57 Å². The van der Waals surface area contributed by atoms with Gasteiger partial charge in [0.15, 0.2) is 0 Å². The van der Waals surface area contributed by atoms with E-state index in [1.54, 1.807) is 0 Å². The van der Waals surface area contributed by atoms with Crippen LogP contribution >= 0.6 is 41.6 Å². The van der Waals surface area contributed by atoms with Crippen molar-refractivity contribution < 1.29 is 4.57 Å². The molecule has 0 aliphatic rings. The van der Waals surface area contributed by atoms with E-state index in [1.165, 1.54) is 0 Å². The maximum Gasteiger partial charge on any atom is 0.490 e. The van der Waals surface area contributed by atoms with Gasteiger partial charge in [0.25, 0.3) is 0 Å². The third kappa shape index (κ3) is 3.17. The van der Waals surface area contributed by atoms with Gasteiger partial charge >= 0.3 is 11.7 Å². The van der Waals surface area contributed by atoms with Crippen LogP contribution in [0.5, 0.6) is 0 Å². The first-order valence-electron chi connectivity index (χ1n) is 1.05. The Bertz CT molecular complexity index is 61.8. The molecular formula is CHCl3OP+. The molecule has 0 heterocycles. The molecular weight excluding hydrogens is 165 g/mol. The summed E-state index contributed by atoms with van der Waals surface area (Å²) in [5, 5.41) is 0. The highest BCUT2D eigenvalue weighted by Crippen LogP contribution is 2.38. The third-order valence-corrected chi connectivity index (χ3v) is 2.71. The smallest absolute Gasteiger partial charge is 0.0485 e.